The second kappa shape index (κ2) is 9.71. The molecule has 0 aliphatic rings. The number of ether oxygens (including phenoxy) is 1. The van der Waals surface area contributed by atoms with Crippen LogP contribution in [0.5, 0.6) is 5.75 Å². The van der Waals surface area contributed by atoms with Crippen molar-refractivity contribution < 1.29 is 13.2 Å². The van der Waals surface area contributed by atoms with Crippen LogP contribution in [0.3, 0.4) is 0 Å². The van der Waals surface area contributed by atoms with Gasteiger partial charge >= 0.3 is 0 Å². The predicted octanol–water partition coefficient (Wildman–Crippen LogP) is 4.75. The van der Waals surface area contributed by atoms with Crippen LogP contribution in [0, 0.1) is 0 Å². The van der Waals surface area contributed by atoms with Gasteiger partial charge in [0, 0.05) is 23.5 Å². The van der Waals surface area contributed by atoms with Crippen LogP contribution in [0.2, 0.25) is 0 Å². The maximum absolute atomic E-state index is 11.1. The molecule has 2 heterocycles. The fraction of sp³-hybridized carbons (Fsp3) is 0.524. The smallest absolute Gasteiger partial charge is 0.151 e. The zero-order chi connectivity index (χ0) is 20.9. The van der Waals surface area contributed by atoms with Crippen LogP contribution in [-0.4, -0.2) is 37.0 Å². The summed E-state index contributed by atoms with van der Waals surface area (Å²) in [5.74, 6) is 1.54. The Balaban J connectivity index is 1.55. The van der Waals surface area contributed by atoms with E-state index in [0.717, 1.165) is 76.8 Å². The number of rotatable bonds is 11. The number of sulfone groups is 1. The molecular formula is C21H29N3O3S2. The molecule has 1 aromatic carbocycles. The van der Waals surface area contributed by atoms with E-state index in [2.05, 4.69) is 16.9 Å². The van der Waals surface area contributed by atoms with Gasteiger partial charge in [0.1, 0.15) is 21.1 Å². The Morgan fingerprint density at radius 2 is 1.86 bits per heavy atom. The molecule has 0 aliphatic carbocycles. The van der Waals surface area contributed by atoms with Crippen LogP contribution in [0.4, 0.5) is 5.82 Å². The second-order valence-electron chi connectivity index (χ2n) is 7.46. The van der Waals surface area contributed by atoms with E-state index in [-0.39, 0.29) is 5.75 Å². The Hall–Kier alpha value is -1.93. The quantitative estimate of drug-likeness (QED) is 0.437. The van der Waals surface area contributed by atoms with Crippen molar-refractivity contribution in [3.8, 4) is 5.75 Å². The average Bonchev–Trinajstić information content (AvgIpc) is 3.08. The molecule has 2 aromatic heterocycles. The summed E-state index contributed by atoms with van der Waals surface area (Å²) in [7, 11) is -2.84. The monoisotopic (exact) mass is 435 g/mol. The van der Waals surface area contributed by atoms with Crippen molar-refractivity contribution in [3.63, 3.8) is 0 Å². The highest BCUT2D eigenvalue weighted by Crippen LogP contribution is 2.34. The van der Waals surface area contributed by atoms with Gasteiger partial charge in [-0.3, -0.25) is 0 Å². The topological polar surface area (TPSA) is 95.2 Å². The van der Waals surface area contributed by atoms with E-state index < -0.39 is 9.84 Å². The van der Waals surface area contributed by atoms with Crippen LogP contribution >= 0.6 is 11.3 Å². The lowest BCUT2D eigenvalue weighted by Crippen LogP contribution is -2.02. The largest absolute Gasteiger partial charge is 0.494 e. The summed E-state index contributed by atoms with van der Waals surface area (Å²) in [6, 6.07) is 5.96. The molecule has 0 unspecified atom stereocenters. The van der Waals surface area contributed by atoms with E-state index in [1.807, 2.05) is 18.2 Å². The minimum atomic E-state index is -2.84. The van der Waals surface area contributed by atoms with Gasteiger partial charge in [0.15, 0.2) is 5.82 Å². The van der Waals surface area contributed by atoms with Gasteiger partial charge in [-0.05, 0) is 37.8 Å². The van der Waals surface area contributed by atoms with Crippen LogP contribution in [0.25, 0.3) is 21.1 Å². The molecule has 3 rings (SSSR count). The van der Waals surface area contributed by atoms with Crippen LogP contribution < -0.4 is 10.5 Å². The molecule has 0 saturated carbocycles. The van der Waals surface area contributed by atoms with E-state index in [4.69, 9.17) is 10.5 Å². The molecule has 3 aromatic rings. The third-order valence-corrected chi connectivity index (χ3v) is 6.94. The van der Waals surface area contributed by atoms with Gasteiger partial charge in [-0.2, -0.15) is 0 Å². The predicted molar refractivity (Wildman–Crippen MR) is 122 cm³/mol. The number of nitrogens with two attached hydrogens (primary N) is 1. The molecule has 0 amide bonds. The first kappa shape index (κ1) is 21.8. The maximum Gasteiger partial charge on any atom is 0.151 e. The summed E-state index contributed by atoms with van der Waals surface area (Å²) in [5, 5.41) is 2.16. The molecule has 0 fully saturated rings. The number of nitrogen functional groups attached to an aromatic ring is 1. The van der Waals surface area contributed by atoms with Crippen molar-refractivity contribution in [3.05, 3.63) is 23.2 Å². The Morgan fingerprint density at radius 3 is 2.62 bits per heavy atom. The van der Waals surface area contributed by atoms with Gasteiger partial charge in [-0.25, -0.2) is 18.4 Å². The zero-order valence-corrected chi connectivity index (χ0v) is 18.7. The van der Waals surface area contributed by atoms with Crippen molar-refractivity contribution in [1.29, 1.82) is 0 Å². The molecule has 2 N–H and O–H groups in total. The van der Waals surface area contributed by atoms with E-state index in [1.165, 1.54) is 6.26 Å². The number of hydrogen-bond donors (Lipinski definition) is 1. The van der Waals surface area contributed by atoms with E-state index in [9.17, 15) is 8.42 Å². The summed E-state index contributed by atoms with van der Waals surface area (Å²) in [6.07, 6.45) is 7.98. The van der Waals surface area contributed by atoms with Crippen molar-refractivity contribution >= 4 is 48.1 Å². The van der Waals surface area contributed by atoms with E-state index >= 15 is 0 Å². The highest BCUT2D eigenvalue weighted by molar-refractivity contribution is 7.90. The number of aryl methyl sites for hydroxylation is 1. The third-order valence-electron chi connectivity index (χ3n) is 4.76. The van der Waals surface area contributed by atoms with Crippen molar-refractivity contribution in [1.82, 2.24) is 9.97 Å². The van der Waals surface area contributed by atoms with Crippen molar-refractivity contribution in [2.45, 2.75) is 51.9 Å². The third kappa shape index (κ3) is 6.02. The van der Waals surface area contributed by atoms with E-state index in [1.54, 1.807) is 11.3 Å². The number of pyridine rings is 1. The van der Waals surface area contributed by atoms with Crippen molar-refractivity contribution in [2.75, 3.05) is 24.3 Å². The number of hydrogen-bond acceptors (Lipinski definition) is 7. The minimum absolute atomic E-state index is 0.281. The lowest BCUT2D eigenvalue weighted by molar-refractivity contribution is 0.305. The normalized spacial score (nSPS) is 12.1. The fourth-order valence-electron chi connectivity index (χ4n) is 3.30. The number of anilines is 1. The van der Waals surface area contributed by atoms with Crippen LogP contribution in [0.15, 0.2) is 18.2 Å². The number of benzene rings is 1. The molecule has 0 aliphatic heterocycles. The summed E-state index contributed by atoms with van der Waals surface area (Å²) in [5.41, 5.74) is 7.78. The van der Waals surface area contributed by atoms with Gasteiger partial charge in [0.25, 0.3) is 0 Å². The summed E-state index contributed by atoms with van der Waals surface area (Å²) in [4.78, 5) is 9.17. The standard InChI is InChI=1S/C21H29N3O3S2/c1-3-9-18-24-19-20(28-18)16-11-10-15(14-17(16)23-21(19)22)27-12-7-5-4-6-8-13-29(2,25)26/h10-11,14H,3-9,12-13H2,1-2H3,(H2,22,23). The van der Waals surface area contributed by atoms with Crippen LogP contribution in [-0.2, 0) is 16.3 Å². The molecule has 0 radical (unpaired) electrons. The summed E-state index contributed by atoms with van der Waals surface area (Å²) >= 11 is 1.69. The summed E-state index contributed by atoms with van der Waals surface area (Å²) in [6.45, 7) is 2.78. The lowest BCUT2D eigenvalue weighted by Gasteiger charge is -2.08. The molecule has 0 atom stereocenters. The second-order valence-corrected chi connectivity index (χ2v) is 10.8. The first-order chi connectivity index (χ1) is 13.9. The van der Waals surface area contributed by atoms with Crippen molar-refractivity contribution in [2.24, 2.45) is 0 Å². The minimum Gasteiger partial charge on any atom is -0.494 e. The Morgan fingerprint density at radius 1 is 1.10 bits per heavy atom. The molecular weight excluding hydrogens is 406 g/mol. The SMILES string of the molecule is CCCc1nc2c(N)nc3cc(OCCCCCCCS(C)(=O)=O)ccc3c2s1. The van der Waals surface area contributed by atoms with Gasteiger partial charge < -0.3 is 10.5 Å². The molecule has 29 heavy (non-hydrogen) atoms. The number of unbranched alkanes of at least 4 members (excludes halogenated alkanes) is 4. The van der Waals surface area contributed by atoms with Gasteiger partial charge in [-0.15, -0.1) is 11.3 Å². The lowest BCUT2D eigenvalue weighted by atomic mass is 10.1. The zero-order valence-electron chi connectivity index (χ0n) is 17.1. The molecule has 6 nitrogen and oxygen atoms in total. The van der Waals surface area contributed by atoms with Gasteiger partial charge in [0.05, 0.1) is 21.8 Å². The highest BCUT2D eigenvalue weighted by atomic mass is 32.2. The van der Waals surface area contributed by atoms with E-state index in [0.29, 0.717) is 12.4 Å². The summed E-state index contributed by atoms with van der Waals surface area (Å²) < 4.78 is 29.2. The first-order valence-corrected chi connectivity index (χ1v) is 13.0. The Labute approximate surface area is 176 Å². The average molecular weight is 436 g/mol. The molecule has 0 bridgehead atoms. The fourth-order valence-corrected chi connectivity index (χ4v) is 5.23. The number of nitrogens with zero attached hydrogens (tertiary/aromatic N) is 2. The molecule has 158 valence electrons. The Bertz CT molecular complexity index is 1080. The first-order valence-electron chi connectivity index (χ1n) is 10.2. The van der Waals surface area contributed by atoms with Gasteiger partial charge in [-0.1, -0.05) is 26.2 Å². The Kier molecular flexibility index (Phi) is 7.29. The maximum atomic E-state index is 11.1. The molecule has 8 heteroatoms. The van der Waals surface area contributed by atoms with Gasteiger partial charge in [0.2, 0.25) is 0 Å². The highest BCUT2D eigenvalue weighted by Gasteiger charge is 2.13. The molecule has 0 saturated heterocycles. The number of fused-ring (bicyclic) bond motifs is 3. The number of thiazole rings is 1. The number of aromatic nitrogens is 2. The van der Waals surface area contributed by atoms with Crippen LogP contribution in [0.1, 0.15) is 50.5 Å². The molecule has 0 spiro atoms.